The molecule has 98 valence electrons. The molecular weight excluding hydrogens is 242 g/mol. The van der Waals surface area contributed by atoms with Gasteiger partial charge in [0.2, 0.25) is 5.91 Å². The zero-order valence-electron chi connectivity index (χ0n) is 10.6. The molecule has 0 saturated heterocycles. The molecule has 0 aromatic heterocycles. The van der Waals surface area contributed by atoms with Crippen LogP contribution in [0.1, 0.15) is 21.5 Å². The number of phenolic OH excluding ortho intramolecular Hbond substituents is 1. The lowest BCUT2D eigenvalue weighted by Crippen LogP contribution is -2.10. The molecule has 0 radical (unpaired) electrons. The molecule has 4 nitrogen and oxygen atoms in total. The summed E-state index contributed by atoms with van der Waals surface area (Å²) in [5, 5.41) is 9.87. The fourth-order valence-electron chi connectivity index (χ4n) is 1.83. The fraction of sp³-hybridized carbons (Fsp3) is 0.133. The van der Waals surface area contributed by atoms with E-state index in [1.165, 1.54) is 6.07 Å². The highest BCUT2D eigenvalue weighted by Gasteiger charge is 2.07. The third-order valence-corrected chi connectivity index (χ3v) is 2.92. The first-order chi connectivity index (χ1) is 9.10. The SMILES string of the molecule is COc1ccc(Cc2ccc(C(N)=O)cc2O)cc1. The van der Waals surface area contributed by atoms with Crippen LogP contribution >= 0.6 is 0 Å². The molecule has 0 heterocycles. The molecule has 0 saturated carbocycles. The van der Waals surface area contributed by atoms with Gasteiger partial charge in [0.05, 0.1) is 7.11 Å². The Morgan fingerprint density at radius 2 is 1.89 bits per heavy atom. The van der Waals surface area contributed by atoms with E-state index >= 15 is 0 Å². The van der Waals surface area contributed by atoms with Crippen molar-refractivity contribution in [3.63, 3.8) is 0 Å². The van der Waals surface area contributed by atoms with E-state index in [9.17, 15) is 9.90 Å². The van der Waals surface area contributed by atoms with E-state index in [1.54, 1.807) is 19.2 Å². The minimum Gasteiger partial charge on any atom is -0.508 e. The number of benzene rings is 2. The van der Waals surface area contributed by atoms with Gasteiger partial charge in [-0.3, -0.25) is 4.79 Å². The van der Waals surface area contributed by atoms with Crippen LogP contribution in [-0.2, 0) is 6.42 Å². The van der Waals surface area contributed by atoms with Crippen molar-refractivity contribution in [2.45, 2.75) is 6.42 Å². The lowest BCUT2D eigenvalue weighted by atomic mass is 10.0. The Morgan fingerprint density at radius 3 is 2.42 bits per heavy atom. The molecule has 0 aliphatic heterocycles. The summed E-state index contributed by atoms with van der Waals surface area (Å²) in [5.41, 5.74) is 7.25. The van der Waals surface area contributed by atoms with Gasteiger partial charge in [0, 0.05) is 12.0 Å². The van der Waals surface area contributed by atoms with E-state index in [4.69, 9.17) is 10.5 Å². The molecular formula is C15H15NO3. The van der Waals surface area contributed by atoms with Gasteiger partial charge < -0.3 is 15.6 Å². The number of primary amides is 1. The summed E-state index contributed by atoms with van der Waals surface area (Å²) in [6.07, 6.45) is 0.578. The quantitative estimate of drug-likeness (QED) is 0.880. The second-order valence-corrected chi connectivity index (χ2v) is 4.23. The third-order valence-electron chi connectivity index (χ3n) is 2.92. The molecule has 0 spiro atoms. The van der Waals surface area contributed by atoms with Crippen LogP contribution in [0, 0.1) is 0 Å². The average molecular weight is 257 g/mol. The number of carbonyl (C=O) groups is 1. The number of rotatable bonds is 4. The Balaban J connectivity index is 2.20. The first-order valence-corrected chi connectivity index (χ1v) is 5.85. The number of aromatic hydroxyl groups is 1. The first kappa shape index (κ1) is 13.0. The van der Waals surface area contributed by atoms with Gasteiger partial charge in [-0.2, -0.15) is 0 Å². The first-order valence-electron chi connectivity index (χ1n) is 5.85. The molecule has 0 bridgehead atoms. The number of carbonyl (C=O) groups excluding carboxylic acids is 1. The highest BCUT2D eigenvalue weighted by molar-refractivity contribution is 5.93. The maximum atomic E-state index is 11.0. The second kappa shape index (κ2) is 5.44. The minimum atomic E-state index is -0.550. The van der Waals surface area contributed by atoms with Crippen molar-refractivity contribution in [2.75, 3.05) is 7.11 Å². The summed E-state index contributed by atoms with van der Waals surface area (Å²) in [6, 6.07) is 12.3. The van der Waals surface area contributed by atoms with Gasteiger partial charge in [0.25, 0.3) is 0 Å². The maximum Gasteiger partial charge on any atom is 0.248 e. The topological polar surface area (TPSA) is 72.5 Å². The minimum absolute atomic E-state index is 0.0760. The van der Waals surface area contributed by atoms with E-state index in [-0.39, 0.29) is 5.75 Å². The number of phenols is 1. The van der Waals surface area contributed by atoms with E-state index in [1.807, 2.05) is 24.3 Å². The van der Waals surface area contributed by atoms with Crippen LogP contribution in [0.25, 0.3) is 0 Å². The molecule has 0 unspecified atom stereocenters. The fourth-order valence-corrected chi connectivity index (χ4v) is 1.83. The van der Waals surface area contributed by atoms with Crippen LogP contribution in [-0.4, -0.2) is 18.1 Å². The summed E-state index contributed by atoms with van der Waals surface area (Å²) in [6.45, 7) is 0. The van der Waals surface area contributed by atoms with Gasteiger partial charge >= 0.3 is 0 Å². The Morgan fingerprint density at radius 1 is 1.21 bits per heavy atom. The summed E-state index contributed by atoms with van der Waals surface area (Å²) in [5.74, 6) is 0.315. The molecule has 19 heavy (non-hydrogen) atoms. The number of ether oxygens (including phenoxy) is 1. The number of hydrogen-bond donors (Lipinski definition) is 2. The van der Waals surface area contributed by atoms with Crippen LogP contribution in [0.4, 0.5) is 0 Å². The highest BCUT2D eigenvalue weighted by Crippen LogP contribution is 2.23. The molecule has 0 fully saturated rings. The van der Waals surface area contributed by atoms with E-state index in [2.05, 4.69) is 0 Å². The maximum absolute atomic E-state index is 11.0. The molecule has 0 aliphatic rings. The molecule has 1 amide bonds. The number of nitrogens with two attached hydrogens (primary N) is 1. The van der Waals surface area contributed by atoms with Crippen molar-refractivity contribution in [1.29, 1.82) is 0 Å². The molecule has 2 rings (SSSR count). The van der Waals surface area contributed by atoms with Crippen LogP contribution in [0.15, 0.2) is 42.5 Å². The zero-order chi connectivity index (χ0) is 13.8. The van der Waals surface area contributed by atoms with E-state index in [0.717, 1.165) is 16.9 Å². The van der Waals surface area contributed by atoms with Crippen LogP contribution in [0.3, 0.4) is 0 Å². The lowest BCUT2D eigenvalue weighted by Gasteiger charge is -2.07. The summed E-state index contributed by atoms with van der Waals surface area (Å²) in [4.78, 5) is 11.0. The van der Waals surface area contributed by atoms with E-state index < -0.39 is 5.91 Å². The Labute approximate surface area is 111 Å². The largest absolute Gasteiger partial charge is 0.508 e. The predicted molar refractivity (Wildman–Crippen MR) is 72.4 cm³/mol. The van der Waals surface area contributed by atoms with Gasteiger partial charge in [-0.05, 0) is 35.4 Å². The third kappa shape index (κ3) is 3.04. The smallest absolute Gasteiger partial charge is 0.248 e. The molecule has 3 N–H and O–H groups in total. The van der Waals surface area contributed by atoms with Crippen LogP contribution in [0.5, 0.6) is 11.5 Å². The Kier molecular flexibility index (Phi) is 3.71. The van der Waals surface area contributed by atoms with Crippen molar-refractivity contribution in [3.8, 4) is 11.5 Å². The van der Waals surface area contributed by atoms with Gasteiger partial charge in [0.15, 0.2) is 0 Å². The number of methoxy groups -OCH3 is 1. The van der Waals surface area contributed by atoms with Crippen molar-refractivity contribution >= 4 is 5.91 Å². The molecule has 0 atom stereocenters. The summed E-state index contributed by atoms with van der Waals surface area (Å²) < 4.78 is 5.08. The average Bonchev–Trinajstić information content (AvgIpc) is 2.41. The highest BCUT2D eigenvalue weighted by atomic mass is 16.5. The zero-order valence-corrected chi connectivity index (χ0v) is 10.6. The van der Waals surface area contributed by atoms with Gasteiger partial charge in [-0.15, -0.1) is 0 Å². The second-order valence-electron chi connectivity index (χ2n) is 4.23. The normalized spacial score (nSPS) is 10.2. The summed E-state index contributed by atoms with van der Waals surface area (Å²) in [7, 11) is 1.61. The van der Waals surface area contributed by atoms with Crippen molar-refractivity contribution in [2.24, 2.45) is 5.73 Å². The van der Waals surface area contributed by atoms with Crippen molar-refractivity contribution in [1.82, 2.24) is 0 Å². The number of amides is 1. The van der Waals surface area contributed by atoms with E-state index in [0.29, 0.717) is 12.0 Å². The number of hydrogen-bond acceptors (Lipinski definition) is 3. The molecule has 2 aromatic carbocycles. The molecule has 4 heteroatoms. The van der Waals surface area contributed by atoms with Crippen molar-refractivity contribution in [3.05, 3.63) is 59.2 Å². The van der Waals surface area contributed by atoms with Crippen molar-refractivity contribution < 1.29 is 14.6 Å². The van der Waals surface area contributed by atoms with Crippen LogP contribution < -0.4 is 10.5 Å². The monoisotopic (exact) mass is 257 g/mol. The predicted octanol–water partition coefficient (Wildman–Crippen LogP) is 2.09. The standard InChI is InChI=1S/C15H15NO3/c1-19-13-6-2-10(3-7-13)8-11-4-5-12(15(16)18)9-14(11)17/h2-7,9,17H,8H2,1H3,(H2,16,18). The summed E-state index contributed by atoms with van der Waals surface area (Å²) >= 11 is 0. The van der Waals surface area contributed by atoms with Gasteiger partial charge in [0.1, 0.15) is 11.5 Å². The van der Waals surface area contributed by atoms with Gasteiger partial charge in [-0.25, -0.2) is 0 Å². The van der Waals surface area contributed by atoms with Gasteiger partial charge in [-0.1, -0.05) is 18.2 Å². The molecule has 0 aliphatic carbocycles. The van der Waals surface area contributed by atoms with Crippen LogP contribution in [0.2, 0.25) is 0 Å². The lowest BCUT2D eigenvalue weighted by molar-refractivity contribution is 0.1000. The Hall–Kier alpha value is -2.49. The molecule has 2 aromatic rings. The Bertz CT molecular complexity index is 591.